The maximum absolute atomic E-state index is 13.7. The molecule has 1 N–H and O–H groups in total. The third kappa shape index (κ3) is 2.96. The molecule has 0 bridgehead atoms. The number of rotatable bonds is 1. The van der Waals surface area contributed by atoms with E-state index in [0.717, 1.165) is 17.5 Å². The lowest BCUT2D eigenvalue weighted by Crippen LogP contribution is -2.35. The molecular formula is C15H18ClFN2S. The summed E-state index contributed by atoms with van der Waals surface area (Å²) in [5.74, 6) is 0.740. The first kappa shape index (κ1) is 14.2. The lowest BCUT2D eigenvalue weighted by molar-refractivity contribution is 0.232. The molecule has 3 rings (SSSR count). The molecule has 20 heavy (non-hydrogen) atoms. The molecule has 1 aromatic rings. The summed E-state index contributed by atoms with van der Waals surface area (Å²) in [6, 6.07) is 4.70. The van der Waals surface area contributed by atoms with E-state index >= 15 is 0 Å². The van der Waals surface area contributed by atoms with Crippen LogP contribution in [-0.4, -0.2) is 17.5 Å². The topological polar surface area (TPSA) is 24.4 Å². The molecule has 1 aliphatic carbocycles. The third-order valence-corrected chi connectivity index (χ3v) is 5.76. The van der Waals surface area contributed by atoms with E-state index in [-0.39, 0.29) is 5.82 Å². The van der Waals surface area contributed by atoms with Crippen LogP contribution in [0, 0.1) is 11.2 Å². The Labute approximate surface area is 128 Å². The SMILES string of the molecule is Fc1cccc(Cl)c1NC1=NCC2(CCCCC2)CS1. The molecule has 5 heteroatoms. The van der Waals surface area contributed by atoms with Gasteiger partial charge in [0.1, 0.15) is 5.82 Å². The Morgan fingerprint density at radius 3 is 2.70 bits per heavy atom. The predicted octanol–water partition coefficient (Wildman–Crippen LogP) is 4.94. The number of amidine groups is 1. The quantitative estimate of drug-likeness (QED) is 0.794. The molecule has 0 radical (unpaired) electrons. The molecule has 1 heterocycles. The molecule has 108 valence electrons. The fraction of sp³-hybridized carbons (Fsp3) is 0.533. The largest absolute Gasteiger partial charge is 0.331 e. The van der Waals surface area contributed by atoms with Crippen molar-refractivity contribution in [2.75, 3.05) is 17.6 Å². The molecule has 0 aromatic heterocycles. The summed E-state index contributed by atoms with van der Waals surface area (Å²) in [6.45, 7) is 0.856. The van der Waals surface area contributed by atoms with Gasteiger partial charge >= 0.3 is 0 Å². The summed E-state index contributed by atoms with van der Waals surface area (Å²) >= 11 is 7.72. The highest BCUT2D eigenvalue weighted by atomic mass is 35.5. The molecule has 1 spiro atoms. The van der Waals surface area contributed by atoms with Gasteiger partial charge in [0.2, 0.25) is 0 Å². The molecule has 1 aliphatic heterocycles. The standard InChI is InChI=1S/C15H18ClFN2S/c16-11-5-4-6-12(17)13(11)19-14-18-9-15(10-20-14)7-2-1-3-8-15/h4-6H,1-3,7-10H2,(H,18,19). The van der Waals surface area contributed by atoms with Crippen LogP contribution in [0.3, 0.4) is 0 Å². The highest BCUT2D eigenvalue weighted by Gasteiger charge is 2.35. The molecule has 0 unspecified atom stereocenters. The van der Waals surface area contributed by atoms with Crippen LogP contribution in [0.5, 0.6) is 0 Å². The van der Waals surface area contributed by atoms with Crippen LogP contribution in [0.4, 0.5) is 10.1 Å². The van der Waals surface area contributed by atoms with Crippen molar-refractivity contribution in [3.63, 3.8) is 0 Å². The van der Waals surface area contributed by atoms with Gasteiger partial charge in [-0.1, -0.05) is 48.7 Å². The van der Waals surface area contributed by atoms with Crippen molar-refractivity contribution in [3.05, 3.63) is 29.0 Å². The lowest BCUT2D eigenvalue weighted by Gasteiger charge is -2.38. The van der Waals surface area contributed by atoms with Crippen LogP contribution in [0.25, 0.3) is 0 Å². The minimum Gasteiger partial charge on any atom is -0.331 e. The number of benzene rings is 1. The fourth-order valence-corrected chi connectivity index (χ4v) is 4.32. The van der Waals surface area contributed by atoms with Gasteiger partial charge in [-0.15, -0.1) is 0 Å². The smallest absolute Gasteiger partial charge is 0.161 e. The van der Waals surface area contributed by atoms with Crippen LogP contribution in [0.15, 0.2) is 23.2 Å². The summed E-state index contributed by atoms with van der Waals surface area (Å²) in [5.41, 5.74) is 0.715. The Morgan fingerprint density at radius 1 is 1.25 bits per heavy atom. The van der Waals surface area contributed by atoms with Gasteiger partial charge in [0.25, 0.3) is 0 Å². The minimum absolute atomic E-state index is 0.333. The van der Waals surface area contributed by atoms with Crippen LogP contribution in [0.1, 0.15) is 32.1 Å². The average Bonchev–Trinajstić information content (AvgIpc) is 2.46. The van der Waals surface area contributed by atoms with Gasteiger partial charge in [-0.05, 0) is 30.4 Å². The minimum atomic E-state index is -0.334. The zero-order valence-corrected chi connectivity index (χ0v) is 12.9. The van der Waals surface area contributed by atoms with Crippen molar-refractivity contribution in [3.8, 4) is 0 Å². The van der Waals surface area contributed by atoms with E-state index in [1.54, 1.807) is 23.9 Å². The average molecular weight is 313 g/mol. The van der Waals surface area contributed by atoms with Crippen molar-refractivity contribution in [2.45, 2.75) is 32.1 Å². The maximum atomic E-state index is 13.7. The van der Waals surface area contributed by atoms with Crippen LogP contribution >= 0.6 is 23.4 Å². The Kier molecular flexibility index (Phi) is 4.22. The van der Waals surface area contributed by atoms with E-state index < -0.39 is 0 Å². The molecule has 0 saturated heterocycles. The normalized spacial score (nSPS) is 21.6. The van der Waals surface area contributed by atoms with Gasteiger partial charge in [-0.2, -0.15) is 0 Å². The number of hydrogen-bond acceptors (Lipinski definition) is 3. The molecule has 1 saturated carbocycles. The fourth-order valence-electron chi connectivity index (χ4n) is 2.96. The van der Waals surface area contributed by atoms with Crippen LogP contribution < -0.4 is 5.32 Å². The number of para-hydroxylation sites is 1. The Morgan fingerprint density at radius 2 is 2.05 bits per heavy atom. The first-order valence-corrected chi connectivity index (χ1v) is 8.43. The lowest BCUT2D eigenvalue weighted by atomic mass is 9.75. The number of halogens is 2. The second-order valence-electron chi connectivity index (χ2n) is 5.69. The van der Waals surface area contributed by atoms with Crippen molar-refractivity contribution in [2.24, 2.45) is 10.4 Å². The number of aliphatic imine (C=N–C) groups is 1. The monoisotopic (exact) mass is 312 g/mol. The molecule has 1 aromatic carbocycles. The van der Waals surface area contributed by atoms with Gasteiger partial charge in [0.15, 0.2) is 5.17 Å². The van der Waals surface area contributed by atoms with Crippen LogP contribution in [0.2, 0.25) is 5.02 Å². The van der Waals surface area contributed by atoms with E-state index in [9.17, 15) is 4.39 Å². The summed E-state index contributed by atoms with van der Waals surface area (Å²) in [7, 11) is 0. The van der Waals surface area contributed by atoms with Gasteiger partial charge in [0.05, 0.1) is 10.7 Å². The number of hydrogen-bond donors (Lipinski definition) is 1. The molecule has 0 atom stereocenters. The molecule has 1 fully saturated rings. The van der Waals surface area contributed by atoms with Crippen molar-refractivity contribution < 1.29 is 4.39 Å². The van der Waals surface area contributed by atoms with Crippen molar-refractivity contribution >= 4 is 34.2 Å². The van der Waals surface area contributed by atoms with E-state index in [0.29, 0.717) is 16.1 Å². The Bertz CT molecular complexity index is 506. The highest BCUT2D eigenvalue weighted by Crippen LogP contribution is 2.42. The first-order valence-electron chi connectivity index (χ1n) is 7.07. The first-order chi connectivity index (χ1) is 9.69. The summed E-state index contributed by atoms with van der Waals surface area (Å²) in [4.78, 5) is 4.63. The predicted molar refractivity (Wildman–Crippen MR) is 85.3 cm³/mol. The molecule has 0 amide bonds. The van der Waals surface area contributed by atoms with Gasteiger partial charge in [-0.3, -0.25) is 4.99 Å². The molecule has 2 aliphatic rings. The zero-order valence-electron chi connectivity index (χ0n) is 11.3. The van der Waals surface area contributed by atoms with E-state index in [2.05, 4.69) is 10.3 Å². The number of anilines is 1. The van der Waals surface area contributed by atoms with E-state index in [1.807, 2.05) is 0 Å². The summed E-state index contributed by atoms with van der Waals surface area (Å²) in [6.07, 6.45) is 6.54. The van der Waals surface area contributed by atoms with E-state index in [1.165, 1.54) is 38.2 Å². The second kappa shape index (κ2) is 5.94. The number of nitrogens with zero attached hydrogens (tertiary/aromatic N) is 1. The van der Waals surface area contributed by atoms with Gasteiger partial charge < -0.3 is 5.32 Å². The highest BCUT2D eigenvalue weighted by molar-refractivity contribution is 8.14. The molecular weight excluding hydrogens is 295 g/mol. The Hall–Kier alpha value is -0.740. The van der Waals surface area contributed by atoms with Crippen molar-refractivity contribution in [1.82, 2.24) is 0 Å². The molecule has 2 nitrogen and oxygen atoms in total. The van der Waals surface area contributed by atoms with Gasteiger partial charge in [-0.25, -0.2) is 4.39 Å². The second-order valence-corrected chi connectivity index (χ2v) is 7.06. The van der Waals surface area contributed by atoms with Crippen LogP contribution in [-0.2, 0) is 0 Å². The summed E-state index contributed by atoms with van der Waals surface area (Å²) in [5, 5.41) is 4.23. The Balaban J connectivity index is 1.71. The maximum Gasteiger partial charge on any atom is 0.161 e. The summed E-state index contributed by atoms with van der Waals surface area (Å²) < 4.78 is 13.7. The number of nitrogens with one attached hydrogen (secondary N) is 1. The van der Waals surface area contributed by atoms with Gasteiger partial charge in [0, 0.05) is 12.3 Å². The van der Waals surface area contributed by atoms with Crippen molar-refractivity contribution in [1.29, 1.82) is 0 Å². The number of thioether (sulfide) groups is 1. The zero-order chi connectivity index (χ0) is 14.0. The third-order valence-electron chi connectivity index (χ3n) is 4.18. The van der Waals surface area contributed by atoms with E-state index in [4.69, 9.17) is 11.6 Å².